The van der Waals surface area contributed by atoms with Gasteiger partial charge >= 0.3 is 0 Å². The second kappa shape index (κ2) is 8.04. The Labute approximate surface area is 187 Å². The molecule has 0 unspecified atom stereocenters. The molecule has 0 amide bonds. The number of sulfonamides is 2. The summed E-state index contributed by atoms with van der Waals surface area (Å²) >= 11 is 0. The summed E-state index contributed by atoms with van der Waals surface area (Å²) in [6, 6.07) is 8.40. The van der Waals surface area contributed by atoms with Crippen molar-refractivity contribution in [1.82, 2.24) is 20.2 Å². The topological polar surface area (TPSA) is 156 Å². The molecular weight excluding hydrogens is 477 g/mol. The summed E-state index contributed by atoms with van der Waals surface area (Å²) in [5.41, 5.74) is 0.199. The van der Waals surface area contributed by atoms with Crippen LogP contribution in [0.4, 0.5) is 10.2 Å². The third-order valence-corrected chi connectivity index (χ3v) is 7.60. The monoisotopic (exact) mass is 493 g/mol. The predicted molar refractivity (Wildman–Crippen MR) is 116 cm³/mol. The average Bonchev–Trinajstić information content (AvgIpc) is 3.18. The molecule has 0 aliphatic carbocycles. The number of fused-ring (bicyclic) bond motifs is 1. The highest BCUT2D eigenvalue weighted by Crippen LogP contribution is 2.38. The first-order valence-electron chi connectivity index (χ1n) is 9.20. The van der Waals surface area contributed by atoms with Gasteiger partial charge < -0.3 is 9.52 Å². The van der Waals surface area contributed by atoms with Gasteiger partial charge in [-0.25, -0.2) is 26.2 Å². The molecule has 33 heavy (non-hydrogen) atoms. The Bertz CT molecular complexity index is 1540. The van der Waals surface area contributed by atoms with E-state index in [0.717, 1.165) is 0 Å². The van der Waals surface area contributed by atoms with E-state index < -0.39 is 37.4 Å². The van der Waals surface area contributed by atoms with Crippen molar-refractivity contribution in [3.05, 3.63) is 59.9 Å². The Morgan fingerprint density at radius 3 is 2.33 bits per heavy atom. The molecule has 11 nitrogen and oxygen atoms in total. The predicted octanol–water partition coefficient (Wildman–Crippen LogP) is 1.84. The van der Waals surface area contributed by atoms with Crippen molar-refractivity contribution in [3.63, 3.8) is 0 Å². The SMILES string of the molecule is CS(=O)(=O)N(c1nc(-c2nnc(Cc3ccc(F)cc3)o2)c(O)c2ncccc12)S(C)(=O)=O. The van der Waals surface area contributed by atoms with Crippen molar-refractivity contribution >= 4 is 36.8 Å². The summed E-state index contributed by atoms with van der Waals surface area (Å²) in [4.78, 5) is 8.09. The molecule has 0 atom stereocenters. The average molecular weight is 493 g/mol. The van der Waals surface area contributed by atoms with Crippen molar-refractivity contribution in [1.29, 1.82) is 0 Å². The first-order chi connectivity index (χ1) is 15.4. The van der Waals surface area contributed by atoms with Gasteiger partial charge in [-0.05, 0) is 29.8 Å². The molecule has 0 spiro atoms. The van der Waals surface area contributed by atoms with Crippen LogP contribution >= 0.6 is 0 Å². The molecule has 4 rings (SSSR count). The first-order valence-corrected chi connectivity index (χ1v) is 12.9. The summed E-state index contributed by atoms with van der Waals surface area (Å²) in [6.45, 7) is 0. The number of pyridine rings is 2. The van der Waals surface area contributed by atoms with Crippen LogP contribution in [0, 0.1) is 5.82 Å². The maximum atomic E-state index is 13.1. The van der Waals surface area contributed by atoms with Gasteiger partial charge in [-0.15, -0.1) is 13.9 Å². The van der Waals surface area contributed by atoms with Crippen LogP contribution in [0.5, 0.6) is 5.75 Å². The number of nitrogens with zero attached hydrogens (tertiary/aromatic N) is 5. The van der Waals surface area contributed by atoms with Gasteiger partial charge in [0.05, 0.1) is 18.9 Å². The van der Waals surface area contributed by atoms with Crippen molar-refractivity contribution in [2.75, 3.05) is 16.2 Å². The third-order valence-electron chi connectivity index (χ3n) is 4.43. The molecule has 0 bridgehead atoms. The number of aromatic nitrogens is 4. The highest BCUT2D eigenvalue weighted by atomic mass is 32.3. The van der Waals surface area contributed by atoms with Crippen LogP contribution in [0.3, 0.4) is 0 Å². The third kappa shape index (κ3) is 4.47. The maximum Gasteiger partial charge on any atom is 0.270 e. The molecule has 0 saturated heterocycles. The Kier molecular flexibility index (Phi) is 5.49. The molecule has 3 aromatic heterocycles. The molecule has 0 radical (unpaired) electrons. The van der Waals surface area contributed by atoms with Crippen LogP contribution in [0.1, 0.15) is 11.5 Å². The fraction of sp³-hybridized carbons (Fsp3) is 0.158. The molecule has 0 aliphatic heterocycles. The highest BCUT2D eigenvalue weighted by Gasteiger charge is 2.33. The van der Waals surface area contributed by atoms with Gasteiger partial charge in [-0.3, -0.25) is 4.98 Å². The Morgan fingerprint density at radius 1 is 1.03 bits per heavy atom. The zero-order valence-corrected chi connectivity index (χ0v) is 18.8. The second-order valence-electron chi connectivity index (χ2n) is 7.06. The number of hydrogen-bond acceptors (Lipinski definition) is 10. The molecule has 0 fully saturated rings. The zero-order valence-electron chi connectivity index (χ0n) is 17.2. The van der Waals surface area contributed by atoms with E-state index in [2.05, 4.69) is 20.2 Å². The lowest BCUT2D eigenvalue weighted by atomic mass is 10.1. The summed E-state index contributed by atoms with van der Waals surface area (Å²) in [6.07, 6.45) is 2.88. The fourth-order valence-corrected chi connectivity index (χ4v) is 6.03. The number of anilines is 1. The lowest BCUT2D eigenvalue weighted by molar-refractivity contribution is 0.471. The molecule has 172 valence electrons. The van der Waals surface area contributed by atoms with Crippen molar-refractivity contribution in [2.24, 2.45) is 0 Å². The van der Waals surface area contributed by atoms with Crippen molar-refractivity contribution < 1.29 is 30.7 Å². The smallest absolute Gasteiger partial charge is 0.270 e. The number of benzene rings is 1. The van der Waals surface area contributed by atoms with Gasteiger partial charge in [0, 0.05) is 11.6 Å². The Hall–Kier alpha value is -3.65. The molecule has 4 aromatic rings. The molecular formula is C19H16FN5O6S2. The maximum absolute atomic E-state index is 13.1. The van der Waals surface area contributed by atoms with E-state index in [9.17, 15) is 26.3 Å². The lowest BCUT2D eigenvalue weighted by Crippen LogP contribution is -2.36. The fourth-order valence-electron chi connectivity index (χ4n) is 3.15. The zero-order chi connectivity index (χ0) is 24.0. The minimum Gasteiger partial charge on any atom is -0.504 e. The Balaban J connectivity index is 1.88. The molecule has 0 aliphatic rings. The minimum absolute atomic E-state index is 0.0272. The molecule has 1 N–H and O–H groups in total. The quantitative estimate of drug-likeness (QED) is 0.420. The first kappa shape index (κ1) is 22.5. The number of hydrogen-bond donors (Lipinski definition) is 1. The number of aromatic hydroxyl groups is 1. The highest BCUT2D eigenvalue weighted by molar-refractivity contribution is 8.09. The van der Waals surface area contributed by atoms with Crippen LogP contribution in [0.2, 0.25) is 0 Å². The molecule has 1 aromatic carbocycles. The van der Waals surface area contributed by atoms with Gasteiger partial charge in [0.2, 0.25) is 25.9 Å². The van der Waals surface area contributed by atoms with Gasteiger partial charge in [0.1, 0.15) is 11.3 Å². The normalized spacial score (nSPS) is 12.2. The van der Waals surface area contributed by atoms with E-state index >= 15 is 0 Å². The number of rotatable bonds is 6. The van der Waals surface area contributed by atoms with Gasteiger partial charge in [-0.1, -0.05) is 12.1 Å². The molecule has 14 heteroatoms. The summed E-state index contributed by atoms with van der Waals surface area (Å²) < 4.78 is 68.1. The van der Waals surface area contributed by atoms with E-state index in [0.29, 0.717) is 18.1 Å². The van der Waals surface area contributed by atoms with Crippen LogP contribution in [-0.4, -0.2) is 54.6 Å². The van der Waals surface area contributed by atoms with E-state index in [1.807, 2.05) is 0 Å². The van der Waals surface area contributed by atoms with Crippen molar-refractivity contribution in [3.8, 4) is 17.3 Å². The molecule has 3 heterocycles. The van der Waals surface area contributed by atoms with Crippen LogP contribution < -0.4 is 3.71 Å². The van der Waals surface area contributed by atoms with Gasteiger partial charge in [-0.2, -0.15) is 0 Å². The van der Waals surface area contributed by atoms with Crippen LogP contribution in [0.15, 0.2) is 47.0 Å². The van der Waals surface area contributed by atoms with E-state index in [1.165, 1.54) is 42.6 Å². The molecule has 0 saturated carbocycles. The largest absolute Gasteiger partial charge is 0.504 e. The minimum atomic E-state index is -4.34. The van der Waals surface area contributed by atoms with Gasteiger partial charge in [0.25, 0.3) is 5.89 Å². The summed E-state index contributed by atoms with van der Waals surface area (Å²) in [5, 5.41) is 18.4. The second-order valence-corrected chi connectivity index (χ2v) is 11.0. The van der Waals surface area contributed by atoms with E-state index in [-0.39, 0.29) is 38.5 Å². The van der Waals surface area contributed by atoms with Crippen molar-refractivity contribution in [2.45, 2.75) is 6.42 Å². The van der Waals surface area contributed by atoms with E-state index in [4.69, 9.17) is 4.42 Å². The lowest BCUT2D eigenvalue weighted by Gasteiger charge is -2.21. The standard InChI is InChI=1S/C19H16FN5O6S2/c1-32(27,28)25(33(2,29)30)18-13-4-3-9-21-15(13)17(26)16(22-18)19-24-23-14(31-19)10-11-5-7-12(20)8-6-11/h3-9,26H,10H2,1-2H3. The van der Waals surface area contributed by atoms with Gasteiger partial charge in [0.15, 0.2) is 17.3 Å². The summed E-state index contributed by atoms with van der Waals surface area (Å²) in [7, 11) is -8.68. The van der Waals surface area contributed by atoms with Crippen LogP contribution in [0.25, 0.3) is 22.5 Å². The Morgan fingerprint density at radius 2 is 1.70 bits per heavy atom. The van der Waals surface area contributed by atoms with E-state index in [1.54, 1.807) is 0 Å². The summed E-state index contributed by atoms with van der Waals surface area (Å²) in [5.74, 6) is -1.61. The number of halogens is 1. The van der Waals surface area contributed by atoms with Crippen LogP contribution in [-0.2, 0) is 26.5 Å².